The van der Waals surface area contributed by atoms with E-state index >= 15 is 0 Å². The Morgan fingerprint density at radius 1 is 0.963 bits per heavy atom. The molecule has 0 fully saturated rings. The fourth-order valence-corrected chi connectivity index (χ4v) is 3.53. The average molecular weight is 382 g/mol. The SMILES string of the molecule is O=S(=O)(Nc1cccc(-c2nc(Cc3ccno3)no2)c1)c1ccccc1. The lowest BCUT2D eigenvalue weighted by molar-refractivity contribution is 0.382. The van der Waals surface area contributed by atoms with E-state index in [9.17, 15) is 8.42 Å². The highest BCUT2D eigenvalue weighted by Crippen LogP contribution is 2.23. The van der Waals surface area contributed by atoms with E-state index in [-0.39, 0.29) is 10.8 Å². The van der Waals surface area contributed by atoms with Gasteiger partial charge in [0.05, 0.1) is 17.5 Å². The Balaban J connectivity index is 1.55. The molecule has 2 aromatic heterocycles. The zero-order valence-corrected chi connectivity index (χ0v) is 14.8. The largest absolute Gasteiger partial charge is 0.361 e. The molecule has 0 spiro atoms. The van der Waals surface area contributed by atoms with Crippen LogP contribution >= 0.6 is 0 Å². The number of aromatic nitrogens is 3. The number of benzene rings is 2. The normalized spacial score (nSPS) is 11.4. The minimum absolute atomic E-state index is 0.183. The number of hydrogen-bond donors (Lipinski definition) is 1. The average Bonchev–Trinajstić information content (AvgIpc) is 3.35. The molecule has 0 aliphatic heterocycles. The maximum Gasteiger partial charge on any atom is 0.261 e. The van der Waals surface area contributed by atoms with Crippen LogP contribution in [0, 0.1) is 0 Å². The molecule has 27 heavy (non-hydrogen) atoms. The van der Waals surface area contributed by atoms with Crippen molar-refractivity contribution in [2.75, 3.05) is 4.72 Å². The predicted octanol–water partition coefficient (Wildman–Crippen LogP) is 3.12. The van der Waals surface area contributed by atoms with Crippen LogP contribution in [-0.4, -0.2) is 23.7 Å². The Morgan fingerprint density at radius 3 is 2.59 bits per heavy atom. The van der Waals surface area contributed by atoms with Crippen LogP contribution < -0.4 is 4.72 Å². The van der Waals surface area contributed by atoms with Crippen molar-refractivity contribution in [3.63, 3.8) is 0 Å². The lowest BCUT2D eigenvalue weighted by Gasteiger charge is -2.08. The second-order valence-electron chi connectivity index (χ2n) is 5.67. The molecule has 2 heterocycles. The van der Waals surface area contributed by atoms with Crippen LogP contribution in [0.5, 0.6) is 0 Å². The topological polar surface area (TPSA) is 111 Å². The fraction of sp³-hybridized carbons (Fsp3) is 0.0556. The first-order chi connectivity index (χ1) is 13.1. The van der Waals surface area contributed by atoms with Crippen molar-refractivity contribution < 1.29 is 17.5 Å². The lowest BCUT2D eigenvalue weighted by atomic mass is 10.2. The summed E-state index contributed by atoms with van der Waals surface area (Å²) in [4.78, 5) is 4.49. The van der Waals surface area contributed by atoms with Crippen LogP contribution in [0.25, 0.3) is 11.5 Å². The molecule has 0 atom stereocenters. The number of hydrogen-bond acceptors (Lipinski definition) is 7. The summed E-state index contributed by atoms with van der Waals surface area (Å²) < 4.78 is 37.7. The third-order valence-electron chi connectivity index (χ3n) is 3.71. The van der Waals surface area contributed by atoms with E-state index in [0.717, 1.165) is 0 Å². The Morgan fingerprint density at radius 2 is 1.81 bits per heavy atom. The van der Waals surface area contributed by atoms with E-state index in [2.05, 4.69) is 20.0 Å². The molecule has 4 rings (SSSR count). The van der Waals surface area contributed by atoms with E-state index in [1.165, 1.54) is 12.1 Å². The summed E-state index contributed by atoms with van der Waals surface area (Å²) in [6, 6.07) is 16.6. The molecule has 0 aliphatic rings. The van der Waals surface area contributed by atoms with Crippen molar-refractivity contribution in [2.24, 2.45) is 0 Å². The summed E-state index contributed by atoms with van der Waals surface area (Å²) in [5.74, 6) is 1.34. The number of nitrogens with one attached hydrogen (secondary N) is 1. The number of rotatable bonds is 6. The highest BCUT2D eigenvalue weighted by molar-refractivity contribution is 7.92. The van der Waals surface area contributed by atoms with Crippen LogP contribution in [0.4, 0.5) is 5.69 Å². The summed E-state index contributed by atoms with van der Waals surface area (Å²) in [5, 5.41) is 7.53. The van der Waals surface area contributed by atoms with Gasteiger partial charge in [0.15, 0.2) is 5.82 Å². The van der Waals surface area contributed by atoms with Gasteiger partial charge in [0.1, 0.15) is 5.76 Å². The highest BCUT2D eigenvalue weighted by atomic mass is 32.2. The molecule has 0 amide bonds. The Kier molecular flexibility index (Phi) is 4.43. The Labute approximate surface area is 154 Å². The molecule has 0 bridgehead atoms. The molecule has 8 nitrogen and oxygen atoms in total. The minimum Gasteiger partial charge on any atom is -0.361 e. The van der Waals surface area contributed by atoms with Gasteiger partial charge in [-0.2, -0.15) is 4.98 Å². The van der Waals surface area contributed by atoms with Gasteiger partial charge in [-0.25, -0.2) is 8.42 Å². The van der Waals surface area contributed by atoms with Crippen LogP contribution in [0.1, 0.15) is 11.6 Å². The van der Waals surface area contributed by atoms with Gasteiger partial charge in [0, 0.05) is 17.3 Å². The molecule has 2 aromatic carbocycles. The zero-order valence-electron chi connectivity index (χ0n) is 13.9. The second-order valence-corrected chi connectivity index (χ2v) is 7.35. The van der Waals surface area contributed by atoms with Crippen LogP contribution in [0.3, 0.4) is 0 Å². The predicted molar refractivity (Wildman–Crippen MR) is 96.3 cm³/mol. The highest BCUT2D eigenvalue weighted by Gasteiger charge is 2.15. The Bertz CT molecular complexity index is 1140. The number of anilines is 1. The van der Waals surface area contributed by atoms with Crippen molar-refractivity contribution in [3.05, 3.63) is 78.4 Å². The van der Waals surface area contributed by atoms with E-state index in [0.29, 0.717) is 29.3 Å². The van der Waals surface area contributed by atoms with Gasteiger partial charge in [-0.1, -0.05) is 34.6 Å². The van der Waals surface area contributed by atoms with Gasteiger partial charge in [-0.15, -0.1) is 0 Å². The first-order valence-corrected chi connectivity index (χ1v) is 9.49. The van der Waals surface area contributed by atoms with E-state index in [4.69, 9.17) is 9.05 Å². The van der Waals surface area contributed by atoms with E-state index in [1.807, 2.05) is 0 Å². The minimum atomic E-state index is -3.68. The standard InChI is InChI=1S/C18H14N4O4S/c23-27(24,16-7-2-1-3-8-16)22-14-6-4-5-13(11-14)18-20-17(21-26-18)12-15-9-10-19-25-15/h1-11,22H,12H2. The summed E-state index contributed by atoms with van der Waals surface area (Å²) in [5.41, 5.74) is 0.992. The van der Waals surface area contributed by atoms with Crippen molar-refractivity contribution in [3.8, 4) is 11.5 Å². The first kappa shape index (κ1) is 17.0. The van der Waals surface area contributed by atoms with Gasteiger partial charge in [-0.3, -0.25) is 4.72 Å². The van der Waals surface area contributed by atoms with E-state index in [1.54, 1.807) is 54.7 Å². The van der Waals surface area contributed by atoms with Crippen LogP contribution in [0.2, 0.25) is 0 Å². The molecule has 0 aliphatic carbocycles. The van der Waals surface area contributed by atoms with Crippen LogP contribution in [-0.2, 0) is 16.4 Å². The maximum absolute atomic E-state index is 12.5. The first-order valence-electron chi connectivity index (χ1n) is 8.01. The third-order valence-corrected chi connectivity index (χ3v) is 5.10. The molecule has 1 N–H and O–H groups in total. The molecule has 0 unspecified atom stereocenters. The molecule has 9 heteroatoms. The van der Waals surface area contributed by atoms with Crippen molar-refractivity contribution in [1.29, 1.82) is 0 Å². The van der Waals surface area contributed by atoms with Gasteiger partial charge in [0.25, 0.3) is 15.9 Å². The molecule has 4 aromatic rings. The van der Waals surface area contributed by atoms with Gasteiger partial charge >= 0.3 is 0 Å². The zero-order chi connectivity index (χ0) is 18.7. The third kappa shape index (κ3) is 3.87. The smallest absolute Gasteiger partial charge is 0.261 e. The molecule has 136 valence electrons. The Hall–Kier alpha value is -3.46. The quantitative estimate of drug-likeness (QED) is 0.545. The van der Waals surface area contributed by atoms with E-state index < -0.39 is 10.0 Å². The lowest BCUT2D eigenvalue weighted by Crippen LogP contribution is -2.12. The molecule has 0 saturated carbocycles. The summed E-state index contributed by atoms with van der Waals surface area (Å²) in [6.07, 6.45) is 1.89. The van der Waals surface area contributed by atoms with Crippen molar-refractivity contribution in [1.82, 2.24) is 15.3 Å². The number of sulfonamides is 1. The number of nitrogens with zero attached hydrogens (tertiary/aromatic N) is 3. The van der Waals surface area contributed by atoms with Crippen molar-refractivity contribution in [2.45, 2.75) is 11.3 Å². The molecular weight excluding hydrogens is 368 g/mol. The fourth-order valence-electron chi connectivity index (χ4n) is 2.46. The van der Waals surface area contributed by atoms with Crippen molar-refractivity contribution >= 4 is 15.7 Å². The monoisotopic (exact) mass is 382 g/mol. The van der Waals surface area contributed by atoms with Gasteiger partial charge in [0.2, 0.25) is 0 Å². The molecule has 0 radical (unpaired) electrons. The summed E-state index contributed by atoms with van der Waals surface area (Å²) in [6.45, 7) is 0. The molecular formula is C18H14N4O4S. The second kappa shape index (κ2) is 7.04. The summed E-state index contributed by atoms with van der Waals surface area (Å²) >= 11 is 0. The molecule has 0 saturated heterocycles. The van der Waals surface area contributed by atoms with Crippen LogP contribution in [0.15, 0.2) is 80.8 Å². The van der Waals surface area contributed by atoms with Gasteiger partial charge < -0.3 is 9.05 Å². The maximum atomic E-state index is 12.5. The van der Waals surface area contributed by atoms with Gasteiger partial charge in [-0.05, 0) is 30.3 Å². The summed E-state index contributed by atoms with van der Waals surface area (Å²) in [7, 11) is -3.68.